The van der Waals surface area contributed by atoms with Crippen molar-refractivity contribution in [1.82, 2.24) is 9.55 Å². The zero-order valence-electron chi connectivity index (χ0n) is 9.65. The number of aryl methyl sites for hydroxylation is 1. The number of benzene rings is 1. The van der Waals surface area contributed by atoms with Gasteiger partial charge < -0.3 is 5.73 Å². The highest BCUT2D eigenvalue weighted by Gasteiger charge is 2.09. The molecular weight excluding hydrogens is 301 g/mol. The third-order valence-electron chi connectivity index (χ3n) is 2.61. The van der Waals surface area contributed by atoms with Crippen LogP contribution in [-0.2, 0) is 6.54 Å². The Morgan fingerprint density at radius 3 is 2.89 bits per heavy atom. The molecule has 1 heterocycles. The molecular formula is C12H11BrFN3O. The van der Waals surface area contributed by atoms with E-state index in [1.165, 1.54) is 16.8 Å². The van der Waals surface area contributed by atoms with Crippen molar-refractivity contribution in [3.05, 3.63) is 56.4 Å². The first-order chi connectivity index (χ1) is 8.49. The number of aromatic nitrogens is 2. The monoisotopic (exact) mass is 311 g/mol. The summed E-state index contributed by atoms with van der Waals surface area (Å²) >= 11 is 3.11. The second-order valence-corrected chi connectivity index (χ2v) is 4.75. The maximum atomic E-state index is 13.7. The molecule has 1 aromatic heterocycles. The Morgan fingerprint density at radius 1 is 1.50 bits per heavy atom. The molecule has 1 aromatic carbocycles. The van der Waals surface area contributed by atoms with Crippen molar-refractivity contribution in [1.29, 1.82) is 0 Å². The van der Waals surface area contributed by atoms with E-state index in [1.807, 2.05) is 0 Å². The molecule has 0 amide bonds. The average Bonchev–Trinajstić information content (AvgIpc) is 2.32. The predicted octanol–water partition coefficient (Wildman–Crippen LogP) is 2.08. The molecule has 0 atom stereocenters. The number of hydrogen-bond donors (Lipinski definition) is 1. The fourth-order valence-corrected chi connectivity index (χ4v) is 1.92. The van der Waals surface area contributed by atoms with Gasteiger partial charge in [0.15, 0.2) is 0 Å². The van der Waals surface area contributed by atoms with Crippen LogP contribution in [0.4, 0.5) is 10.1 Å². The number of nitrogens with two attached hydrogens (primary N) is 1. The summed E-state index contributed by atoms with van der Waals surface area (Å²) in [5.74, 6) is 0.0979. The Bertz CT molecular complexity index is 654. The van der Waals surface area contributed by atoms with Crippen molar-refractivity contribution < 1.29 is 4.39 Å². The molecule has 0 spiro atoms. The maximum absolute atomic E-state index is 13.7. The smallest absolute Gasteiger partial charge is 0.268 e. The molecule has 0 bridgehead atoms. The average molecular weight is 312 g/mol. The number of nitrogens with zero attached hydrogens (tertiary/aromatic N) is 2. The van der Waals surface area contributed by atoms with Gasteiger partial charge in [-0.05, 0) is 35.0 Å². The molecule has 94 valence electrons. The summed E-state index contributed by atoms with van der Waals surface area (Å²) in [7, 11) is 0. The van der Waals surface area contributed by atoms with Gasteiger partial charge in [-0.2, -0.15) is 0 Å². The molecule has 0 fully saturated rings. The van der Waals surface area contributed by atoms with Gasteiger partial charge in [0.2, 0.25) is 0 Å². The third-order valence-corrected chi connectivity index (χ3v) is 3.15. The van der Waals surface area contributed by atoms with E-state index < -0.39 is 5.82 Å². The van der Waals surface area contributed by atoms with E-state index in [2.05, 4.69) is 20.9 Å². The lowest BCUT2D eigenvalue weighted by Crippen LogP contribution is -2.24. The molecule has 18 heavy (non-hydrogen) atoms. The van der Waals surface area contributed by atoms with Crippen LogP contribution in [-0.4, -0.2) is 9.55 Å². The van der Waals surface area contributed by atoms with Crippen LogP contribution in [0, 0.1) is 12.7 Å². The maximum Gasteiger partial charge on any atom is 0.268 e. The van der Waals surface area contributed by atoms with Gasteiger partial charge in [-0.25, -0.2) is 9.37 Å². The van der Waals surface area contributed by atoms with Crippen LogP contribution in [0.5, 0.6) is 0 Å². The van der Waals surface area contributed by atoms with Crippen LogP contribution < -0.4 is 11.3 Å². The molecule has 2 aromatic rings. The number of hydrogen-bond acceptors (Lipinski definition) is 3. The van der Waals surface area contributed by atoms with Crippen molar-refractivity contribution in [2.24, 2.45) is 0 Å². The van der Waals surface area contributed by atoms with Crippen molar-refractivity contribution in [3.8, 4) is 0 Å². The Labute approximate surface area is 111 Å². The zero-order chi connectivity index (χ0) is 13.3. The Hall–Kier alpha value is -1.69. The van der Waals surface area contributed by atoms with E-state index in [1.54, 1.807) is 19.1 Å². The highest BCUT2D eigenvalue weighted by Crippen LogP contribution is 2.13. The Kier molecular flexibility index (Phi) is 3.47. The van der Waals surface area contributed by atoms with Gasteiger partial charge in [-0.1, -0.05) is 6.07 Å². The van der Waals surface area contributed by atoms with Crippen LogP contribution in [0.3, 0.4) is 0 Å². The second-order valence-electron chi connectivity index (χ2n) is 3.90. The van der Waals surface area contributed by atoms with Gasteiger partial charge in [-0.15, -0.1) is 0 Å². The summed E-state index contributed by atoms with van der Waals surface area (Å²) < 4.78 is 15.4. The zero-order valence-corrected chi connectivity index (χ0v) is 11.2. The molecule has 2 rings (SSSR count). The highest BCUT2D eigenvalue weighted by atomic mass is 79.9. The minimum Gasteiger partial charge on any atom is -0.399 e. The lowest BCUT2D eigenvalue weighted by molar-refractivity contribution is 0.589. The van der Waals surface area contributed by atoms with Crippen LogP contribution in [0.1, 0.15) is 11.4 Å². The minimum atomic E-state index is -0.429. The Morgan fingerprint density at radius 2 is 2.22 bits per heavy atom. The second kappa shape index (κ2) is 4.89. The third kappa shape index (κ3) is 2.43. The van der Waals surface area contributed by atoms with Crippen LogP contribution in [0.2, 0.25) is 0 Å². The number of rotatable bonds is 2. The largest absolute Gasteiger partial charge is 0.399 e. The summed E-state index contributed by atoms with van der Waals surface area (Å²) in [6.45, 7) is 1.83. The lowest BCUT2D eigenvalue weighted by Gasteiger charge is -2.10. The molecule has 6 heteroatoms. The predicted molar refractivity (Wildman–Crippen MR) is 70.8 cm³/mol. The van der Waals surface area contributed by atoms with E-state index in [-0.39, 0.29) is 12.1 Å². The SMILES string of the molecule is Cc1ncc(Br)c(=O)n1Cc1ccc(N)cc1F. The standard InChI is InChI=1S/C12H11BrFN3O/c1-7-16-5-10(13)12(18)17(7)6-8-2-3-9(15)4-11(8)14/h2-5H,6,15H2,1H3. The van der Waals surface area contributed by atoms with Crippen molar-refractivity contribution in [2.45, 2.75) is 13.5 Å². The molecule has 0 saturated carbocycles. The van der Waals surface area contributed by atoms with Gasteiger partial charge in [0.1, 0.15) is 16.1 Å². The van der Waals surface area contributed by atoms with E-state index >= 15 is 0 Å². The number of nitrogen functional groups attached to an aromatic ring is 1. The summed E-state index contributed by atoms with van der Waals surface area (Å²) in [5.41, 5.74) is 5.99. The van der Waals surface area contributed by atoms with Crippen molar-refractivity contribution in [2.75, 3.05) is 5.73 Å². The van der Waals surface area contributed by atoms with Gasteiger partial charge in [0, 0.05) is 17.4 Å². The van der Waals surface area contributed by atoms with Crippen LogP contribution >= 0.6 is 15.9 Å². The molecule has 2 N–H and O–H groups in total. The molecule has 0 aliphatic heterocycles. The lowest BCUT2D eigenvalue weighted by atomic mass is 10.2. The highest BCUT2D eigenvalue weighted by molar-refractivity contribution is 9.10. The number of anilines is 1. The normalized spacial score (nSPS) is 10.6. The van der Waals surface area contributed by atoms with E-state index in [0.717, 1.165) is 0 Å². The quantitative estimate of drug-likeness (QED) is 0.864. The van der Waals surface area contributed by atoms with E-state index in [4.69, 9.17) is 5.73 Å². The van der Waals surface area contributed by atoms with Crippen molar-refractivity contribution >= 4 is 21.6 Å². The number of halogens is 2. The fourth-order valence-electron chi connectivity index (χ4n) is 1.60. The van der Waals surface area contributed by atoms with Gasteiger partial charge in [0.25, 0.3) is 5.56 Å². The first kappa shape index (κ1) is 12.8. The summed E-state index contributed by atoms with van der Waals surface area (Å²) in [6.07, 6.45) is 1.44. The molecule has 0 unspecified atom stereocenters. The molecule has 0 aliphatic rings. The van der Waals surface area contributed by atoms with Gasteiger partial charge in [-0.3, -0.25) is 9.36 Å². The van der Waals surface area contributed by atoms with E-state index in [9.17, 15) is 9.18 Å². The van der Waals surface area contributed by atoms with Gasteiger partial charge in [0.05, 0.1) is 6.54 Å². The topological polar surface area (TPSA) is 60.9 Å². The molecule has 0 radical (unpaired) electrons. The fraction of sp³-hybridized carbons (Fsp3) is 0.167. The van der Waals surface area contributed by atoms with E-state index in [0.29, 0.717) is 21.5 Å². The van der Waals surface area contributed by atoms with Gasteiger partial charge >= 0.3 is 0 Å². The summed E-state index contributed by atoms with van der Waals surface area (Å²) in [4.78, 5) is 16.0. The van der Waals surface area contributed by atoms with Crippen molar-refractivity contribution in [3.63, 3.8) is 0 Å². The Balaban J connectivity index is 2.46. The first-order valence-corrected chi connectivity index (χ1v) is 6.04. The molecule has 0 aliphatic carbocycles. The minimum absolute atomic E-state index is 0.128. The summed E-state index contributed by atoms with van der Waals surface area (Å²) in [6, 6.07) is 4.41. The summed E-state index contributed by atoms with van der Waals surface area (Å²) in [5, 5.41) is 0. The van der Waals surface area contributed by atoms with Crippen LogP contribution in [0.15, 0.2) is 33.7 Å². The van der Waals surface area contributed by atoms with Crippen LogP contribution in [0.25, 0.3) is 0 Å². The molecule has 4 nitrogen and oxygen atoms in total. The molecule has 0 saturated heterocycles. The first-order valence-electron chi connectivity index (χ1n) is 5.25.